The molecular formula is C22H20F2N2O4. The average molecular weight is 414 g/mol. The molecule has 0 aliphatic carbocycles. The van der Waals surface area contributed by atoms with E-state index in [0.717, 1.165) is 5.69 Å². The SMILES string of the molecule is CC(OC(=O)C(C#N)=Cc1ccc(N(C)C)cc1)C(=O)c1ccc(OC(F)F)cc1. The lowest BCUT2D eigenvalue weighted by atomic mass is 10.1. The van der Waals surface area contributed by atoms with E-state index < -0.39 is 24.5 Å². The highest BCUT2D eigenvalue weighted by atomic mass is 19.3. The third kappa shape index (κ3) is 6.14. The molecule has 0 aliphatic heterocycles. The van der Waals surface area contributed by atoms with Crippen LogP contribution in [0.3, 0.4) is 0 Å². The van der Waals surface area contributed by atoms with Crippen molar-refractivity contribution in [1.82, 2.24) is 0 Å². The van der Waals surface area contributed by atoms with E-state index in [2.05, 4.69) is 4.74 Å². The molecule has 8 heteroatoms. The molecule has 0 aromatic heterocycles. The Morgan fingerprint density at radius 1 is 1.07 bits per heavy atom. The second-order valence-corrected chi connectivity index (χ2v) is 6.47. The Labute approximate surface area is 172 Å². The molecule has 1 unspecified atom stereocenters. The van der Waals surface area contributed by atoms with Crippen molar-refractivity contribution in [2.75, 3.05) is 19.0 Å². The van der Waals surface area contributed by atoms with Crippen LogP contribution in [0.1, 0.15) is 22.8 Å². The highest BCUT2D eigenvalue weighted by Crippen LogP contribution is 2.18. The Hall–Kier alpha value is -3.73. The van der Waals surface area contributed by atoms with Crippen molar-refractivity contribution in [1.29, 1.82) is 5.26 Å². The third-order valence-corrected chi connectivity index (χ3v) is 4.08. The first kappa shape index (κ1) is 22.6. The van der Waals surface area contributed by atoms with Crippen LogP contribution in [0.2, 0.25) is 0 Å². The number of rotatable bonds is 8. The number of nitriles is 1. The van der Waals surface area contributed by atoms with Crippen LogP contribution in [0.4, 0.5) is 14.5 Å². The highest BCUT2D eigenvalue weighted by molar-refractivity contribution is 6.03. The molecular weight excluding hydrogens is 394 g/mol. The smallest absolute Gasteiger partial charge is 0.387 e. The minimum absolute atomic E-state index is 0.0961. The van der Waals surface area contributed by atoms with Crippen molar-refractivity contribution in [3.63, 3.8) is 0 Å². The van der Waals surface area contributed by atoms with E-state index in [1.165, 1.54) is 37.3 Å². The predicted molar refractivity (Wildman–Crippen MR) is 107 cm³/mol. The second kappa shape index (κ2) is 10.2. The van der Waals surface area contributed by atoms with E-state index in [1.807, 2.05) is 31.1 Å². The first-order valence-corrected chi connectivity index (χ1v) is 8.90. The van der Waals surface area contributed by atoms with Gasteiger partial charge in [-0.3, -0.25) is 4.79 Å². The van der Waals surface area contributed by atoms with Crippen LogP contribution in [0.25, 0.3) is 6.08 Å². The number of anilines is 1. The molecule has 0 spiro atoms. The van der Waals surface area contributed by atoms with Crippen LogP contribution in [-0.4, -0.2) is 38.6 Å². The number of hydrogen-bond donors (Lipinski definition) is 0. The number of hydrogen-bond acceptors (Lipinski definition) is 6. The van der Waals surface area contributed by atoms with Crippen LogP contribution in [-0.2, 0) is 9.53 Å². The van der Waals surface area contributed by atoms with Crippen molar-refractivity contribution in [2.45, 2.75) is 19.6 Å². The lowest BCUT2D eigenvalue weighted by Crippen LogP contribution is -2.25. The maximum atomic E-state index is 12.4. The molecule has 6 nitrogen and oxygen atoms in total. The molecule has 30 heavy (non-hydrogen) atoms. The van der Waals surface area contributed by atoms with Crippen LogP contribution in [0, 0.1) is 11.3 Å². The van der Waals surface area contributed by atoms with E-state index in [1.54, 1.807) is 18.2 Å². The summed E-state index contributed by atoms with van der Waals surface area (Å²) in [6.45, 7) is -1.60. The van der Waals surface area contributed by atoms with Gasteiger partial charge in [0.2, 0.25) is 5.78 Å². The molecule has 0 N–H and O–H groups in total. The normalized spacial score (nSPS) is 12.1. The van der Waals surface area contributed by atoms with Crippen molar-refractivity contribution in [3.8, 4) is 11.8 Å². The minimum Gasteiger partial charge on any atom is -0.450 e. The summed E-state index contributed by atoms with van der Waals surface area (Å²) < 4.78 is 33.7. The first-order valence-electron chi connectivity index (χ1n) is 8.90. The number of carbonyl (C=O) groups is 2. The maximum Gasteiger partial charge on any atom is 0.387 e. The molecule has 0 saturated heterocycles. The molecule has 0 fully saturated rings. The first-order chi connectivity index (χ1) is 14.2. The molecule has 2 aromatic carbocycles. The summed E-state index contributed by atoms with van der Waals surface area (Å²) in [6.07, 6.45) is 0.197. The van der Waals surface area contributed by atoms with Gasteiger partial charge in [0.25, 0.3) is 0 Å². The summed E-state index contributed by atoms with van der Waals surface area (Å²) in [5.74, 6) is -1.58. The van der Waals surface area contributed by atoms with E-state index in [0.29, 0.717) is 5.56 Å². The zero-order chi connectivity index (χ0) is 22.3. The van der Waals surface area contributed by atoms with Gasteiger partial charge in [0.1, 0.15) is 17.4 Å². The molecule has 0 heterocycles. The largest absolute Gasteiger partial charge is 0.450 e. The predicted octanol–water partition coefficient (Wildman–Crippen LogP) is 4.08. The number of alkyl halides is 2. The molecule has 0 bridgehead atoms. The lowest BCUT2D eigenvalue weighted by molar-refractivity contribution is -0.141. The van der Waals surface area contributed by atoms with Crippen LogP contribution in [0.15, 0.2) is 54.1 Å². The fraction of sp³-hybridized carbons (Fsp3) is 0.227. The number of nitrogens with zero attached hydrogens (tertiary/aromatic N) is 2. The van der Waals surface area contributed by atoms with Crippen molar-refractivity contribution < 1.29 is 27.8 Å². The summed E-state index contributed by atoms with van der Waals surface area (Å²) in [6, 6.07) is 13.9. The van der Waals surface area contributed by atoms with Gasteiger partial charge in [0.05, 0.1) is 0 Å². The van der Waals surface area contributed by atoms with Gasteiger partial charge in [0, 0.05) is 25.3 Å². The van der Waals surface area contributed by atoms with E-state index in [4.69, 9.17) is 4.74 Å². The number of benzene rings is 2. The standard InChI is InChI=1S/C22H20F2N2O4/c1-14(20(27)16-6-10-19(11-7-16)30-22(23)24)29-21(28)17(13-25)12-15-4-8-18(9-5-15)26(2)3/h4-12,14,22H,1-3H3. The van der Waals surface area contributed by atoms with Gasteiger partial charge in [-0.2, -0.15) is 14.0 Å². The Balaban J connectivity index is 2.06. The van der Waals surface area contributed by atoms with Crippen LogP contribution < -0.4 is 9.64 Å². The van der Waals surface area contributed by atoms with E-state index in [-0.39, 0.29) is 16.9 Å². The number of halogens is 2. The van der Waals surface area contributed by atoms with Crippen molar-refractivity contribution in [2.24, 2.45) is 0 Å². The third-order valence-electron chi connectivity index (χ3n) is 4.08. The number of ether oxygens (including phenoxy) is 2. The fourth-order valence-electron chi connectivity index (χ4n) is 2.49. The van der Waals surface area contributed by atoms with Gasteiger partial charge >= 0.3 is 12.6 Å². The molecule has 1 atom stereocenters. The summed E-state index contributed by atoms with van der Waals surface area (Å²) >= 11 is 0. The average Bonchev–Trinajstić information content (AvgIpc) is 2.71. The summed E-state index contributed by atoms with van der Waals surface area (Å²) in [5, 5.41) is 9.28. The Bertz CT molecular complexity index is 962. The molecule has 0 aliphatic rings. The highest BCUT2D eigenvalue weighted by Gasteiger charge is 2.22. The van der Waals surface area contributed by atoms with Gasteiger partial charge in [0.15, 0.2) is 6.10 Å². The van der Waals surface area contributed by atoms with Crippen LogP contribution >= 0.6 is 0 Å². The lowest BCUT2D eigenvalue weighted by Gasteiger charge is -2.13. The molecule has 0 saturated carbocycles. The molecule has 2 rings (SSSR count). The molecule has 156 valence electrons. The fourth-order valence-corrected chi connectivity index (χ4v) is 2.49. The minimum atomic E-state index is -2.97. The van der Waals surface area contributed by atoms with Crippen LogP contribution in [0.5, 0.6) is 5.75 Å². The molecule has 0 radical (unpaired) electrons. The molecule has 2 aromatic rings. The summed E-state index contributed by atoms with van der Waals surface area (Å²) in [5.41, 5.74) is 1.48. The summed E-state index contributed by atoms with van der Waals surface area (Å²) in [4.78, 5) is 26.6. The monoisotopic (exact) mass is 414 g/mol. The van der Waals surface area contributed by atoms with Gasteiger partial charge in [-0.1, -0.05) is 12.1 Å². The Kier molecular flexibility index (Phi) is 7.64. The van der Waals surface area contributed by atoms with Gasteiger partial charge < -0.3 is 14.4 Å². The van der Waals surface area contributed by atoms with Gasteiger partial charge in [-0.15, -0.1) is 0 Å². The van der Waals surface area contributed by atoms with Gasteiger partial charge in [-0.25, -0.2) is 4.79 Å². The second-order valence-electron chi connectivity index (χ2n) is 6.47. The topological polar surface area (TPSA) is 79.6 Å². The van der Waals surface area contributed by atoms with Crippen molar-refractivity contribution in [3.05, 3.63) is 65.2 Å². The van der Waals surface area contributed by atoms with E-state index >= 15 is 0 Å². The number of ketones is 1. The Morgan fingerprint density at radius 3 is 2.17 bits per heavy atom. The number of Topliss-reactive ketones (excluding diaryl/α,β-unsaturated/α-hetero) is 1. The molecule has 0 amide bonds. The number of carbonyl (C=O) groups excluding carboxylic acids is 2. The zero-order valence-corrected chi connectivity index (χ0v) is 16.6. The Morgan fingerprint density at radius 2 is 1.67 bits per heavy atom. The summed E-state index contributed by atoms with van der Waals surface area (Å²) in [7, 11) is 3.78. The number of esters is 1. The zero-order valence-electron chi connectivity index (χ0n) is 16.6. The van der Waals surface area contributed by atoms with Gasteiger partial charge in [-0.05, 0) is 55.0 Å². The van der Waals surface area contributed by atoms with Crippen molar-refractivity contribution >= 4 is 23.5 Å². The maximum absolute atomic E-state index is 12.4. The quantitative estimate of drug-likeness (QED) is 0.280. The van der Waals surface area contributed by atoms with E-state index in [9.17, 15) is 23.6 Å².